The minimum absolute atomic E-state index is 0.0145. The van der Waals surface area contributed by atoms with Crippen LogP contribution in [0.1, 0.15) is 42.5 Å². The molecule has 1 aliphatic heterocycles. The van der Waals surface area contributed by atoms with E-state index in [2.05, 4.69) is 4.74 Å². The van der Waals surface area contributed by atoms with E-state index in [0.717, 1.165) is 22.6 Å². The summed E-state index contributed by atoms with van der Waals surface area (Å²) in [5.41, 5.74) is 1.19. The van der Waals surface area contributed by atoms with Crippen LogP contribution in [0.25, 0.3) is 5.76 Å². The number of nitrogens with zero attached hydrogens (tertiary/aromatic N) is 1. The number of rotatable bonds is 7. The molecule has 204 valence electrons. The molecule has 0 radical (unpaired) electrons. The van der Waals surface area contributed by atoms with Crippen molar-refractivity contribution in [2.45, 2.75) is 32.2 Å². The number of alkyl halides is 3. The molecular formula is C29H26F3NO6. The highest BCUT2D eigenvalue weighted by molar-refractivity contribution is 6.51. The molecule has 0 aromatic heterocycles. The second kappa shape index (κ2) is 10.7. The molecule has 4 rings (SSSR count). The second-order valence-electron chi connectivity index (χ2n) is 9.10. The number of benzene rings is 3. The van der Waals surface area contributed by atoms with Crippen LogP contribution in [0.15, 0.2) is 72.3 Å². The molecule has 0 bridgehead atoms. The third-order valence-corrected chi connectivity index (χ3v) is 6.31. The van der Waals surface area contributed by atoms with Crippen molar-refractivity contribution in [3.63, 3.8) is 0 Å². The minimum atomic E-state index is -4.96. The lowest BCUT2D eigenvalue weighted by Gasteiger charge is -2.26. The first-order valence-corrected chi connectivity index (χ1v) is 11.9. The van der Waals surface area contributed by atoms with E-state index >= 15 is 0 Å². The van der Waals surface area contributed by atoms with Crippen LogP contribution in [0.2, 0.25) is 0 Å². The topological polar surface area (TPSA) is 85.3 Å². The predicted molar refractivity (Wildman–Crippen MR) is 138 cm³/mol. The van der Waals surface area contributed by atoms with E-state index < -0.39 is 35.6 Å². The highest BCUT2D eigenvalue weighted by Gasteiger charge is 2.47. The summed E-state index contributed by atoms with van der Waals surface area (Å²) in [6.07, 6.45) is -4.96. The van der Waals surface area contributed by atoms with Gasteiger partial charge in [0.25, 0.3) is 11.7 Å². The second-order valence-corrected chi connectivity index (χ2v) is 9.10. The van der Waals surface area contributed by atoms with Gasteiger partial charge < -0.3 is 19.3 Å². The Bertz CT molecular complexity index is 1450. The molecular weight excluding hydrogens is 515 g/mol. The van der Waals surface area contributed by atoms with E-state index in [1.165, 1.54) is 26.4 Å². The van der Waals surface area contributed by atoms with E-state index in [4.69, 9.17) is 9.47 Å². The molecule has 7 nitrogen and oxygen atoms in total. The first-order valence-electron chi connectivity index (χ1n) is 11.9. The van der Waals surface area contributed by atoms with E-state index in [0.29, 0.717) is 17.1 Å². The maximum Gasteiger partial charge on any atom is 0.573 e. The zero-order valence-electron chi connectivity index (χ0n) is 21.6. The number of hydrogen-bond donors (Lipinski definition) is 1. The predicted octanol–water partition coefficient (Wildman–Crippen LogP) is 6.35. The summed E-state index contributed by atoms with van der Waals surface area (Å²) in [6.45, 7) is 3.87. The van der Waals surface area contributed by atoms with Gasteiger partial charge in [0.05, 0.1) is 25.8 Å². The quantitative estimate of drug-likeness (QED) is 0.213. The third-order valence-electron chi connectivity index (χ3n) is 6.31. The summed E-state index contributed by atoms with van der Waals surface area (Å²) >= 11 is 0. The molecule has 0 aliphatic carbocycles. The standard InChI is InChI=1S/C29H26F3NO6/c1-16(2)22-14-18(11-12-23(22)38-4)26(34)24-25(17-7-5-9-20(13-17)37-3)33(28(36)27(24)35)19-8-6-10-21(15-19)39-29(30,31)32/h5-16,25,34H,1-4H3/b26-24-. The Morgan fingerprint density at radius 3 is 2.26 bits per heavy atom. The van der Waals surface area contributed by atoms with E-state index in [-0.39, 0.29) is 22.7 Å². The molecule has 3 aromatic rings. The molecule has 1 amide bonds. The number of amides is 1. The zero-order chi connectivity index (χ0) is 28.5. The Labute approximate surface area is 223 Å². The van der Waals surface area contributed by atoms with Crippen molar-refractivity contribution in [1.82, 2.24) is 0 Å². The largest absolute Gasteiger partial charge is 0.573 e. The van der Waals surface area contributed by atoms with Crippen molar-refractivity contribution in [3.8, 4) is 17.2 Å². The van der Waals surface area contributed by atoms with Gasteiger partial charge in [-0.2, -0.15) is 0 Å². The number of anilines is 1. The number of aliphatic hydroxyl groups excluding tert-OH is 1. The lowest BCUT2D eigenvalue weighted by molar-refractivity contribution is -0.274. The van der Waals surface area contributed by atoms with Gasteiger partial charge in [0, 0.05) is 17.3 Å². The summed E-state index contributed by atoms with van der Waals surface area (Å²) in [7, 11) is 2.96. The molecule has 1 unspecified atom stereocenters. The number of carbonyl (C=O) groups is 2. The van der Waals surface area contributed by atoms with Crippen molar-refractivity contribution in [2.24, 2.45) is 0 Å². The first kappa shape index (κ1) is 27.6. The molecule has 0 saturated carbocycles. The van der Waals surface area contributed by atoms with Crippen LogP contribution in [0.5, 0.6) is 17.2 Å². The van der Waals surface area contributed by atoms with Gasteiger partial charge in [-0.1, -0.05) is 32.0 Å². The van der Waals surface area contributed by atoms with Crippen LogP contribution in [0.4, 0.5) is 18.9 Å². The average Bonchev–Trinajstić information content (AvgIpc) is 3.17. The molecule has 1 atom stereocenters. The Hall–Kier alpha value is -4.47. The molecule has 10 heteroatoms. The van der Waals surface area contributed by atoms with E-state index in [9.17, 15) is 27.9 Å². The maximum atomic E-state index is 13.4. The summed E-state index contributed by atoms with van der Waals surface area (Å²) in [5.74, 6) is -2.00. The SMILES string of the molecule is COc1cccc(C2/C(=C(/O)c3ccc(OC)c(C(C)C)c3)C(=O)C(=O)N2c2cccc(OC(F)(F)F)c2)c1. The van der Waals surface area contributed by atoms with Gasteiger partial charge in [-0.15, -0.1) is 13.2 Å². The van der Waals surface area contributed by atoms with Crippen LogP contribution in [-0.2, 0) is 9.59 Å². The number of carbonyl (C=O) groups excluding carboxylic acids is 2. The van der Waals surface area contributed by atoms with Crippen LogP contribution in [0.3, 0.4) is 0 Å². The fourth-order valence-electron chi connectivity index (χ4n) is 4.54. The molecule has 1 fully saturated rings. The Balaban J connectivity index is 1.94. The summed E-state index contributed by atoms with van der Waals surface area (Å²) in [4.78, 5) is 27.8. The number of ketones is 1. The molecule has 1 aliphatic rings. The first-order chi connectivity index (χ1) is 18.4. The maximum absolute atomic E-state index is 13.4. The highest BCUT2D eigenvalue weighted by atomic mass is 19.4. The lowest BCUT2D eigenvalue weighted by Crippen LogP contribution is -2.29. The highest BCUT2D eigenvalue weighted by Crippen LogP contribution is 2.44. The van der Waals surface area contributed by atoms with Gasteiger partial charge in [-0.05, 0) is 59.5 Å². The smallest absolute Gasteiger partial charge is 0.507 e. The number of halogens is 3. The number of aliphatic hydroxyl groups is 1. The van der Waals surface area contributed by atoms with Crippen molar-refractivity contribution in [2.75, 3.05) is 19.1 Å². The van der Waals surface area contributed by atoms with Crippen LogP contribution in [0, 0.1) is 0 Å². The van der Waals surface area contributed by atoms with Crippen LogP contribution in [-0.4, -0.2) is 37.4 Å². The third kappa shape index (κ3) is 5.55. The summed E-state index contributed by atoms with van der Waals surface area (Å²) < 4.78 is 53.4. The Kier molecular flexibility index (Phi) is 7.58. The average molecular weight is 542 g/mol. The van der Waals surface area contributed by atoms with Crippen molar-refractivity contribution in [1.29, 1.82) is 0 Å². The Morgan fingerprint density at radius 2 is 1.62 bits per heavy atom. The van der Waals surface area contributed by atoms with Gasteiger partial charge in [0.15, 0.2) is 0 Å². The molecule has 39 heavy (non-hydrogen) atoms. The number of hydrogen-bond acceptors (Lipinski definition) is 6. The van der Waals surface area contributed by atoms with E-state index in [1.54, 1.807) is 42.5 Å². The molecule has 1 N–H and O–H groups in total. The molecule has 3 aromatic carbocycles. The van der Waals surface area contributed by atoms with Crippen LogP contribution >= 0.6 is 0 Å². The summed E-state index contributed by atoms with van der Waals surface area (Å²) in [6, 6.07) is 15.0. The van der Waals surface area contributed by atoms with E-state index in [1.807, 2.05) is 13.8 Å². The van der Waals surface area contributed by atoms with Crippen molar-refractivity contribution >= 4 is 23.1 Å². The van der Waals surface area contributed by atoms with Gasteiger partial charge in [0.1, 0.15) is 23.0 Å². The lowest BCUT2D eigenvalue weighted by atomic mass is 9.93. The molecule has 0 spiro atoms. The fraction of sp³-hybridized carbons (Fsp3) is 0.241. The number of ether oxygens (including phenoxy) is 3. The van der Waals surface area contributed by atoms with Crippen LogP contribution < -0.4 is 19.1 Å². The van der Waals surface area contributed by atoms with Gasteiger partial charge in [-0.25, -0.2) is 0 Å². The summed E-state index contributed by atoms with van der Waals surface area (Å²) in [5, 5.41) is 11.4. The van der Waals surface area contributed by atoms with Gasteiger partial charge in [0.2, 0.25) is 0 Å². The fourth-order valence-corrected chi connectivity index (χ4v) is 4.54. The molecule has 1 saturated heterocycles. The van der Waals surface area contributed by atoms with Gasteiger partial charge in [-0.3, -0.25) is 14.5 Å². The number of Topliss-reactive ketones (excluding diaryl/α,β-unsaturated/α-hetero) is 1. The van der Waals surface area contributed by atoms with Crippen molar-refractivity contribution < 1.29 is 42.1 Å². The van der Waals surface area contributed by atoms with Gasteiger partial charge >= 0.3 is 6.36 Å². The Morgan fingerprint density at radius 1 is 0.923 bits per heavy atom. The number of methoxy groups -OCH3 is 2. The normalized spacial score (nSPS) is 17.0. The minimum Gasteiger partial charge on any atom is -0.507 e. The van der Waals surface area contributed by atoms with Crippen molar-refractivity contribution in [3.05, 3.63) is 89.0 Å². The molecule has 1 heterocycles. The monoisotopic (exact) mass is 541 g/mol. The zero-order valence-corrected chi connectivity index (χ0v) is 21.6.